The SMILES string of the molecule is NCC(NC(=O)CCC1CCOC1)C1CCCCC1. The monoisotopic (exact) mass is 268 g/mol. The number of rotatable bonds is 6. The average molecular weight is 268 g/mol. The minimum absolute atomic E-state index is 0.174. The van der Waals surface area contributed by atoms with Crippen molar-refractivity contribution in [2.75, 3.05) is 19.8 Å². The lowest BCUT2D eigenvalue weighted by atomic mass is 9.84. The first kappa shape index (κ1) is 14.8. The maximum Gasteiger partial charge on any atom is 0.220 e. The molecular formula is C15H28N2O2. The van der Waals surface area contributed by atoms with Crippen molar-refractivity contribution in [2.24, 2.45) is 17.6 Å². The molecule has 1 saturated heterocycles. The van der Waals surface area contributed by atoms with Gasteiger partial charge in [-0.15, -0.1) is 0 Å². The summed E-state index contributed by atoms with van der Waals surface area (Å²) < 4.78 is 5.34. The highest BCUT2D eigenvalue weighted by Gasteiger charge is 2.24. The predicted octanol–water partition coefficient (Wildman–Crippen LogP) is 1.83. The van der Waals surface area contributed by atoms with Crippen molar-refractivity contribution < 1.29 is 9.53 Å². The van der Waals surface area contributed by atoms with Gasteiger partial charge in [0, 0.05) is 32.2 Å². The van der Waals surface area contributed by atoms with Crippen molar-refractivity contribution in [2.45, 2.75) is 57.4 Å². The molecule has 0 spiro atoms. The third kappa shape index (κ3) is 4.77. The average Bonchev–Trinajstić information content (AvgIpc) is 2.97. The zero-order valence-corrected chi connectivity index (χ0v) is 11.9. The highest BCUT2D eigenvalue weighted by Crippen LogP contribution is 2.26. The quantitative estimate of drug-likeness (QED) is 0.772. The van der Waals surface area contributed by atoms with E-state index in [9.17, 15) is 4.79 Å². The summed E-state index contributed by atoms with van der Waals surface area (Å²) in [4.78, 5) is 12.0. The fourth-order valence-electron chi connectivity index (χ4n) is 3.33. The number of hydrogen-bond acceptors (Lipinski definition) is 3. The predicted molar refractivity (Wildman–Crippen MR) is 75.7 cm³/mol. The summed E-state index contributed by atoms with van der Waals surface area (Å²) >= 11 is 0. The van der Waals surface area contributed by atoms with Gasteiger partial charge in [-0.3, -0.25) is 4.79 Å². The summed E-state index contributed by atoms with van der Waals surface area (Å²) in [6.07, 6.45) is 9.04. The Balaban J connectivity index is 1.69. The molecule has 0 aromatic heterocycles. The molecule has 2 aliphatic rings. The maximum absolute atomic E-state index is 12.0. The van der Waals surface area contributed by atoms with E-state index in [2.05, 4.69) is 5.32 Å². The molecule has 2 atom stereocenters. The Morgan fingerprint density at radius 3 is 2.68 bits per heavy atom. The topological polar surface area (TPSA) is 64.3 Å². The Kier molecular flexibility index (Phi) is 6.11. The molecule has 2 unspecified atom stereocenters. The van der Waals surface area contributed by atoms with E-state index < -0.39 is 0 Å². The zero-order valence-electron chi connectivity index (χ0n) is 11.9. The summed E-state index contributed by atoms with van der Waals surface area (Å²) in [5.74, 6) is 1.35. The van der Waals surface area contributed by atoms with Gasteiger partial charge in [-0.2, -0.15) is 0 Å². The van der Waals surface area contributed by atoms with Gasteiger partial charge >= 0.3 is 0 Å². The van der Waals surface area contributed by atoms with Crippen LogP contribution in [0.3, 0.4) is 0 Å². The first-order valence-electron chi connectivity index (χ1n) is 7.86. The smallest absolute Gasteiger partial charge is 0.220 e. The van der Waals surface area contributed by atoms with Crippen molar-refractivity contribution >= 4 is 5.91 Å². The number of ether oxygens (including phenoxy) is 1. The van der Waals surface area contributed by atoms with Crippen LogP contribution >= 0.6 is 0 Å². The van der Waals surface area contributed by atoms with Gasteiger partial charge in [0.05, 0.1) is 0 Å². The lowest BCUT2D eigenvalue weighted by molar-refractivity contribution is -0.122. The number of hydrogen-bond donors (Lipinski definition) is 2. The van der Waals surface area contributed by atoms with E-state index in [4.69, 9.17) is 10.5 Å². The van der Waals surface area contributed by atoms with Crippen molar-refractivity contribution in [3.8, 4) is 0 Å². The van der Waals surface area contributed by atoms with Crippen LogP contribution in [0.4, 0.5) is 0 Å². The maximum atomic E-state index is 12.0. The van der Waals surface area contributed by atoms with Gasteiger partial charge < -0.3 is 15.8 Å². The van der Waals surface area contributed by atoms with E-state index in [1.54, 1.807) is 0 Å². The Morgan fingerprint density at radius 1 is 1.26 bits per heavy atom. The summed E-state index contributed by atoms with van der Waals surface area (Å²) in [7, 11) is 0. The Bertz CT molecular complexity index is 271. The largest absolute Gasteiger partial charge is 0.381 e. The minimum Gasteiger partial charge on any atom is -0.381 e. The van der Waals surface area contributed by atoms with Crippen molar-refractivity contribution in [3.05, 3.63) is 0 Å². The van der Waals surface area contributed by atoms with Crippen LogP contribution in [0, 0.1) is 11.8 Å². The van der Waals surface area contributed by atoms with E-state index in [1.165, 1.54) is 32.1 Å². The minimum atomic E-state index is 0.174. The highest BCUT2D eigenvalue weighted by atomic mass is 16.5. The van der Waals surface area contributed by atoms with Crippen molar-refractivity contribution in [3.63, 3.8) is 0 Å². The van der Waals surface area contributed by atoms with E-state index in [0.717, 1.165) is 26.1 Å². The van der Waals surface area contributed by atoms with Crippen molar-refractivity contribution in [1.29, 1.82) is 0 Å². The third-order valence-electron chi connectivity index (χ3n) is 4.62. The summed E-state index contributed by atoms with van der Waals surface area (Å²) in [6.45, 7) is 2.26. The van der Waals surface area contributed by atoms with Gasteiger partial charge in [-0.1, -0.05) is 19.3 Å². The molecule has 4 heteroatoms. The highest BCUT2D eigenvalue weighted by molar-refractivity contribution is 5.76. The van der Waals surface area contributed by atoms with Crippen LogP contribution in [0.1, 0.15) is 51.4 Å². The number of nitrogens with one attached hydrogen (secondary N) is 1. The molecule has 1 amide bonds. The number of carbonyl (C=O) groups is 1. The van der Waals surface area contributed by atoms with E-state index in [-0.39, 0.29) is 11.9 Å². The molecule has 1 aliphatic heterocycles. The Morgan fingerprint density at radius 2 is 2.05 bits per heavy atom. The first-order chi connectivity index (χ1) is 9.29. The van der Waals surface area contributed by atoms with Gasteiger partial charge in [-0.05, 0) is 37.5 Å². The second kappa shape index (κ2) is 7.85. The molecule has 110 valence electrons. The van der Waals surface area contributed by atoms with Crippen LogP contribution in [0.2, 0.25) is 0 Å². The second-order valence-electron chi connectivity index (χ2n) is 6.08. The lowest BCUT2D eigenvalue weighted by Crippen LogP contribution is -2.45. The Labute approximate surface area is 116 Å². The van der Waals surface area contributed by atoms with Gasteiger partial charge in [0.1, 0.15) is 0 Å². The summed E-state index contributed by atoms with van der Waals surface area (Å²) in [5.41, 5.74) is 5.84. The normalized spacial score (nSPS) is 26.3. The molecule has 19 heavy (non-hydrogen) atoms. The zero-order chi connectivity index (χ0) is 13.5. The summed E-state index contributed by atoms with van der Waals surface area (Å²) in [6, 6.07) is 0.188. The van der Waals surface area contributed by atoms with Crippen LogP contribution in [0.25, 0.3) is 0 Å². The van der Waals surface area contributed by atoms with Crippen LogP contribution in [0.5, 0.6) is 0 Å². The molecule has 0 bridgehead atoms. The number of nitrogens with two attached hydrogens (primary N) is 1. The van der Waals surface area contributed by atoms with E-state index in [0.29, 0.717) is 24.8 Å². The van der Waals surface area contributed by atoms with Gasteiger partial charge in [-0.25, -0.2) is 0 Å². The van der Waals surface area contributed by atoms with Crippen molar-refractivity contribution in [1.82, 2.24) is 5.32 Å². The fraction of sp³-hybridized carbons (Fsp3) is 0.933. The molecule has 0 radical (unpaired) electrons. The molecule has 4 nitrogen and oxygen atoms in total. The first-order valence-corrected chi connectivity index (χ1v) is 7.86. The van der Waals surface area contributed by atoms with Crippen LogP contribution in [-0.2, 0) is 9.53 Å². The van der Waals surface area contributed by atoms with Gasteiger partial charge in [0.25, 0.3) is 0 Å². The van der Waals surface area contributed by atoms with Crippen LogP contribution < -0.4 is 11.1 Å². The van der Waals surface area contributed by atoms with Crippen LogP contribution in [-0.4, -0.2) is 31.7 Å². The molecular weight excluding hydrogens is 240 g/mol. The molecule has 2 rings (SSSR count). The fourth-order valence-corrected chi connectivity index (χ4v) is 3.33. The standard InChI is InChI=1S/C15H28N2O2/c16-10-14(13-4-2-1-3-5-13)17-15(18)7-6-12-8-9-19-11-12/h12-14H,1-11,16H2,(H,17,18). The molecule has 1 saturated carbocycles. The molecule has 1 heterocycles. The third-order valence-corrected chi connectivity index (χ3v) is 4.62. The van der Waals surface area contributed by atoms with E-state index in [1.807, 2.05) is 0 Å². The van der Waals surface area contributed by atoms with Gasteiger partial charge in [0.2, 0.25) is 5.91 Å². The molecule has 0 aromatic rings. The second-order valence-corrected chi connectivity index (χ2v) is 6.08. The van der Waals surface area contributed by atoms with E-state index >= 15 is 0 Å². The summed E-state index contributed by atoms with van der Waals surface area (Å²) in [5, 5.41) is 3.16. The molecule has 2 fully saturated rings. The molecule has 3 N–H and O–H groups in total. The lowest BCUT2D eigenvalue weighted by Gasteiger charge is -2.30. The molecule has 0 aromatic carbocycles. The number of carbonyl (C=O) groups excluding carboxylic acids is 1. The van der Waals surface area contributed by atoms with Gasteiger partial charge in [0.15, 0.2) is 0 Å². The number of amides is 1. The Hall–Kier alpha value is -0.610. The van der Waals surface area contributed by atoms with Crippen LogP contribution in [0.15, 0.2) is 0 Å². The molecule has 1 aliphatic carbocycles.